The molecule has 0 radical (unpaired) electrons. The Bertz CT molecular complexity index is 6670. The van der Waals surface area contributed by atoms with Gasteiger partial charge in [-0.15, -0.1) is 0 Å². The van der Waals surface area contributed by atoms with Gasteiger partial charge in [-0.25, -0.2) is 0 Å². The first-order chi connectivity index (χ1) is 44.2. The molecule has 17 aromatic carbocycles. The second kappa shape index (κ2) is 16.0. The highest BCUT2D eigenvalue weighted by Crippen LogP contribution is 2.50. The molecule has 2 aliphatic carbocycles. The molecule has 2 aliphatic heterocycles. The SMILES string of the molecule is C1=Cc2ccc3c(-c4ccc5c(c4)c4cc(-c6ccc7ccc8cccc9ccc6c7c89)cc6c4n5-c4cccc5c4B6c4c6c7ccccc7c7ccccc7c6cc6c7ccc8c9ccccc9c9ccccc9c8c7n-5c46)ccc4c3c2C(=CC4)C1. The smallest absolute Gasteiger partial charge is 0.253 e. The number of benzene rings is 17. The molecule has 3 heteroatoms. The zero-order valence-electron chi connectivity index (χ0n) is 48.2. The monoisotopic (exact) mass is 1120 g/mol. The van der Waals surface area contributed by atoms with Gasteiger partial charge in [-0.1, -0.05) is 224 Å². The Hall–Kier alpha value is -11.3. The minimum Gasteiger partial charge on any atom is -0.310 e. The van der Waals surface area contributed by atoms with Crippen LogP contribution in [0.25, 0.3) is 197 Å². The van der Waals surface area contributed by atoms with Crippen molar-refractivity contribution in [3.8, 4) is 33.6 Å². The van der Waals surface area contributed by atoms with E-state index in [-0.39, 0.29) is 6.71 Å². The fourth-order valence-corrected chi connectivity index (χ4v) is 18.5. The zero-order valence-corrected chi connectivity index (χ0v) is 48.2. The molecule has 0 atom stereocenters. The first kappa shape index (κ1) is 46.0. The Morgan fingerprint density at radius 1 is 0.315 bits per heavy atom. The molecule has 0 amide bonds. The first-order valence-electron chi connectivity index (χ1n) is 31.6. The van der Waals surface area contributed by atoms with Gasteiger partial charge in [0.25, 0.3) is 6.71 Å². The van der Waals surface area contributed by atoms with Gasteiger partial charge in [0, 0.05) is 43.8 Å². The van der Waals surface area contributed by atoms with Crippen LogP contribution >= 0.6 is 0 Å². The van der Waals surface area contributed by atoms with Crippen molar-refractivity contribution >= 4 is 186 Å². The van der Waals surface area contributed by atoms with Crippen LogP contribution in [-0.4, -0.2) is 15.8 Å². The standard InChI is InChI=1S/C86H47BN2/c1-3-20-60-56(16-1)59-19-6-8-23-63(59)81-66(60)39-40-67-71-45-69-61-21-4-2-17-57(61)58-18-5-7-22-62(58)80(69)83-86(71)89(85(67)81)75-25-11-24-74-82(75)87(83)72-44-53(55-36-31-51-29-27-47-13-10-15-49-33-38-65(55)79(51)77(47)49)43-70-68-42-52(34-41-73(68)88(74)84(70)72)54-35-30-50-28-26-46-12-9-14-48-32-37-64(54)78(50)76(46)48/h1-11,13-27,29-45H,12,28H2. The summed E-state index contributed by atoms with van der Waals surface area (Å²) in [6.45, 7) is -0.138. The molecule has 89 heavy (non-hydrogen) atoms. The van der Waals surface area contributed by atoms with Crippen molar-refractivity contribution in [2.45, 2.75) is 12.8 Å². The highest BCUT2D eigenvalue weighted by atomic mass is 15.0. The lowest BCUT2D eigenvalue weighted by Crippen LogP contribution is -2.59. The maximum Gasteiger partial charge on any atom is 0.253 e. The summed E-state index contributed by atoms with van der Waals surface area (Å²) in [6.07, 6.45) is 9.10. The molecule has 0 N–H and O–H groups in total. The largest absolute Gasteiger partial charge is 0.310 e. The van der Waals surface area contributed by atoms with E-state index in [0.29, 0.717) is 0 Å². The van der Waals surface area contributed by atoms with Crippen LogP contribution in [0.1, 0.15) is 23.1 Å². The van der Waals surface area contributed by atoms with Gasteiger partial charge in [-0.2, -0.15) is 0 Å². The van der Waals surface area contributed by atoms with Crippen LogP contribution in [-0.2, 0) is 6.42 Å². The van der Waals surface area contributed by atoms with Crippen LogP contribution in [0.15, 0.2) is 255 Å². The highest BCUT2D eigenvalue weighted by Gasteiger charge is 2.43. The van der Waals surface area contributed by atoms with Crippen LogP contribution in [0.4, 0.5) is 0 Å². The predicted octanol–water partition coefficient (Wildman–Crippen LogP) is 20.7. The van der Waals surface area contributed by atoms with Crippen LogP contribution in [0, 0.1) is 0 Å². The molecule has 0 bridgehead atoms. The molecule has 19 aromatic rings. The summed E-state index contributed by atoms with van der Waals surface area (Å²) in [4.78, 5) is 0. The van der Waals surface area contributed by atoms with Gasteiger partial charge in [0.2, 0.25) is 0 Å². The van der Waals surface area contributed by atoms with Crippen molar-refractivity contribution < 1.29 is 0 Å². The Morgan fingerprint density at radius 3 is 1.66 bits per heavy atom. The zero-order chi connectivity index (χ0) is 57.2. The molecule has 0 saturated carbocycles. The minimum absolute atomic E-state index is 0.138. The minimum atomic E-state index is -0.138. The summed E-state index contributed by atoms with van der Waals surface area (Å²) in [5.74, 6) is 0. The summed E-state index contributed by atoms with van der Waals surface area (Å²) in [5, 5.41) is 31.3. The van der Waals surface area contributed by atoms with Crippen LogP contribution in [0.5, 0.6) is 0 Å². The molecule has 0 spiro atoms. The quantitative estimate of drug-likeness (QED) is 0.121. The van der Waals surface area contributed by atoms with E-state index in [0.717, 1.165) is 12.8 Å². The van der Waals surface area contributed by atoms with Crippen LogP contribution in [0.3, 0.4) is 0 Å². The van der Waals surface area contributed by atoms with E-state index >= 15 is 0 Å². The van der Waals surface area contributed by atoms with Crippen molar-refractivity contribution in [1.82, 2.24) is 9.13 Å². The average Bonchev–Trinajstić information content (AvgIpc) is 1.77. The van der Waals surface area contributed by atoms with Gasteiger partial charge in [-0.05, 0) is 212 Å². The third-order valence-electron chi connectivity index (χ3n) is 22.0. The highest BCUT2D eigenvalue weighted by molar-refractivity contribution is 7.02. The summed E-state index contributed by atoms with van der Waals surface area (Å²) < 4.78 is 5.43. The Labute approximate surface area is 510 Å². The summed E-state index contributed by atoms with van der Waals surface area (Å²) in [6, 6.07) is 94.6. The van der Waals surface area contributed by atoms with E-state index in [1.807, 2.05) is 0 Å². The van der Waals surface area contributed by atoms with Crippen LogP contribution in [0.2, 0.25) is 0 Å². The van der Waals surface area contributed by atoms with Gasteiger partial charge in [0.1, 0.15) is 0 Å². The maximum absolute atomic E-state index is 2.75. The van der Waals surface area contributed by atoms with Gasteiger partial charge in [0.15, 0.2) is 0 Å². The fourth-order valence-electron chi connectivity index (χ4n) is 18.5. The van der Waals surface area contributed by atoms with Crippen LogP contribution < -0.4 is 16.4 Å². The lowest BCUT2D eigenvalue weighted by Gasteiger charge is -2.35. The molecule has 0 saturated heterocycles. The van der Waals surface area contributed by atoms with Crippen molar-refractivity contribution in [2.75, 3.05) is 0 Å². The Balaban J connectivity index is 0.916. The lowest BCUT2D eigenvalue weighted by molar-refractivity contribution is 1.15. The summed E-state index contributed by atoms with van der Waals surface area (Å²) in [7, 11) is 0. The second-order valence-electron chi connectivity index (χ2n) is 25.9. The number of fused-ring (bicyclic) bond motifs is 24. The van der Waals surface area contributed by atoms with E-state index in [2.05, 4.69) is 270 Å². The molecule has 4 heterocycles. The van der Waals surface area contributed by atoms with Crippen molar-refractivity contribution in [3.63, 3.8) is 0 Å². The lowest BCUT2D eigenvalue weighted by atomic mass is 9.33. The second-order valence-corrected chi connectivity index (χ2v) is 25.9. The van der Waals surface area contributed by atoms with Crippen molar-refractivity contribution in [2.24, 2.45) is 0 Å². The molecular formula is C86H47BN2. The molecule has 0 fully saturated rings. The van der Waals surface area contributed by atoms with E-state index in [1.54, 1.807) is 0 Å². The Kier molecular flexibility index (Phi) is 8.29. The maximum atomic E-state index is 2.75. The number of aromatic nitrogens is 2. The van der Waals surface area contributed by atoms with Gasteiger partial charge >= 0.3 is 0 Å². The number of hydrogen-bond donors (Lipinski definition) is 0. The number of hydrogen-bond acceptors (Lipinski definition) is 0. The fraction of sp³-hybridized carbons (Fsp3) is 0.0233. The predicted molar refractivity (Wildman–Crippen MR) is 382 cm³/mol. The van der Waals surface area contributed by atoms with Crippen molar-refractivity contribution in [1.29, 1.82) is 0 Å². The molecule has 0 unspecified atom stereocenters. The van der Waals surface area contributed by atoms with Gasteiger partial charge < -0.3 is 9.13 Å². The molecule has 404 valence electrons. The third-order valence-corrected chi connectivity index (χ3v) is 22.0. The van der Waals surface area contributed by atoms with Crippen molar-refractivity contribution in [3.05, 3.63) is 271 Å². The van der Waals surface area contributed by atoms with Gasteiger partial charge in [-0.3, -0.25) is 0 Å². The molecule has 4 aliphatic rings. The van der Waals surface area contributed by atoms with E-state index in [4.69, 9.17) is 0 Å². The molecule has 2 nitrogen and oxygen atoms in total. The topological polar surface area (TPSA) is 9.86 Å². The number of nitrogens with zero attached hydrogens (tertiary/aromatic N) is 2. The van der Waals surface area contributed by atoms with Gasteiger partial charge in [0.05, 0.1) is 16.6 Å². The first-order valence-corrected chi connectivity index (χ1v) is 31.6. The normalized spacial score (nSPS) is 14.0. The molecule has 2 aromatic heterocycles. The Morgan fingerprint density at radius 2 is 0.888 bits per heavy atom. The average molecular weight is 1120 g/mol. The molecule has 23 rings (SSSR count). The number of rotatable bonds is 2. The third kappa shape index (κ3) is 5.52. The summed E-state index contributed by atoms with van der Waals surface area (Å²) in [5.41, 5.74) is 22.4. The van der Waals surface area contributed by atoms with E-state index in [9.17, 15) is 0 Å². The van der Waals surface area contributed by atoms with E-state index in [1.165, 1.54) is 224 Å². The number of allylic oxidation sites excluding steroid dienone is 3. The van der Waals surface area contributed by atoms with E-state index < -0.39 is 0 Å². The summed E-state index contributed by atoms with van der Waals surface area (Å²) >= 11 is 0. The molecular weight excluding hydrogens is 1070 g/mol.